The molecule has 0 bridgehead atoms. The second kappa shape index (κ2) is 5.61. The molecule has 1 saturated carbocycles. The fourth-order valence-corrected chi connectivity index (χ4v) is 2.20. The molecule has 17 heavy (non-hydrogen) atoms. The van der Waals surface area contributed by atoms with Gasteiger partial charge in [-0.2, -0.15) is 0 Å². The largest absolute Gasteiger partial charge is 0.383 e. The SMILES string of the molecule is COCCNCC1(Cc2cccc(F)c2)CC1. The standard InChI is InChI=1S/C14H20FNO/c1-17-8-7-16-11-14(5-6-14)10-12-3-2-4-13(15)9-12/h2-4,9,16H,5-8,10-11H2,1H3. The molecule has 0 unspecified atom stereocenters. The topological polar surface area (TPSA) is 21.3 Å². The van der Waals surface area contributed by atoms with E-state index < -0.39 is 0 Å². The van der Waals surface area contributed by atoms with Gasteiger partial charge in [-0.1, -0.05) is 12.1 Å². The van der Waals surface area contributed by atoms with Gasteiger partial charge >= 0.3 is 0 Å². The number of rotatable bonds is 7. The molecular formula is C14H20FNO. The number of ether oxygens (including phenoxy) is 1. The molecule has 1 aliphatic carbocycles. The lowest BCUT2D eigenvalue weighted by Crippen LogP contribution is -2.28. The molecule has 2 rings (SSSR count). The van der Waals surface area contributed by atoms with Crippen molar-refractivity contribution in [3.63, 3.8) is 0 Å². The van der Waals surface area contributed by atoms with Crippen molar-refractivity contribution in [2.75, 3.05) is 26.8 Å². The molecule has 94 valence electrons. The van der Waals surface area contributed by atoms with Gasteiger partial charge in [-0.05, 0) is 42.4 Å². The summed E-state index contributed by atoms with van der Waals surface area (Å²) in [6.07, 6.45) is 3.46. The molecule has 1 aromatic carbocycles. The second-order valence-corrected chi connectivity index (χ2v) is 4.98. The number of methoxy groups -OCH3 is 1. The molecule has 0 amide bonds. The van der Waals surface area contributed by atoms with E-state index in [-0.39, 0.29) is 5.82 Å². The first kappa shape index (κ1) is 12.5. The van der Waals surface area contributed by atoms with Crippen LogP contribution in [0.15, 0.2) is 24.3 Å². The Kier molecular flexibility index (Phi) is 4.13. The molecule has 2 nitrogen and oxygen atoms in total. The van der Waals surface area contributed by atoms with E-state index in [0.29, 0.717) is 5.41 Å². The van der Waals surface area contributed by atoms with E-state index in [1.54, 1.807) is 19.2 Å². The summed E-state index contributed by atoms with van der Waals surface area (Å²) in [5, 5.41) is 3.41. The van der Waals surface area contributed by atoms with Gasteiger partial charge in [0.25, 0.3) is 0 Å². The maximum atomic E-state index is 13.1. The predicted octanol–water partition coefficient (Wildman–Crippen LogP) is 2.38. The molecule has 0 radical (unpaired) electrons. The molecule has 1 fully saturated rings. The van der Waals surface area contributed by atoms with E-state index in [1.807, 2.05) is 6.07 Å². The van der Waals surface area contributed by atoms with Crippen molar-refractivity contribution in [2.45, 2.75) is 19.3 Å². The molecule has 1 aliphatic rings. The Balaban J connectivity index is 1.81. The fraction of sp³-hybridized carbons (Fsp3) is 0.571. The van der Waals surface area contributed by atoms with E-state index in [1.165, 1.54) is 18.9 Å². The average Bonchev–Trinajstić information content (AvgIpc) is 3.05. The van der Waals surface area contributed by atoms with Crippen molar-refractivity contribution < 1.29 is 9.13 Å². The number of hydrogen-bond donors (Lipinski definition) is 1. The van der Waals surface area contributed by atoms with Crippen molar-refractivity contribution >= 4 is 0 Å². The van der Waals surface area contributed by atoms with Gasteiger partial charge in [0.15, 0.2) is 0 Å². The van der Waals surface area contributed by atoms with Gasteiger partial charge in [-0.15, -0.1) is 0 Å². The van der Waals surface area contributed by atoms with E-state index in [0.717, 1.165) is 31.7 Å². The molecule has 1 aromatic rings. The van der Waals surface area contributed by atoms with Crippen LogP contribution >= 0.6 is 0 Å². The maximum Gasteiger partial charge on any atom is 0.123 e. The molecule has 0 spiro atoms. The van der Waals surface area contributed by atoms with Gasteiger partial charge < -0.3 is 10.1 Å². The molecule has 0 heterocycles. The number of hydrogen-bond acceptors (Lipinski definition) is 2. The van der Waals surface area contributed by atoms with Crippen molar-refractivity contribution in [1.29, 1.82) is 0 Å². The highest BCUT2D eigenvalue weighted by Gasteiger charge is 2.41. The highest BCUT2D eigenvalue weighted by Crippen LogP contribution is 2.47. The van der Waals surface area contributed by atoms with Gasteiger partial charge in [-0.3, -0.25) is 0 Å². The minimum absolute atomic E-state index is 0.134. The zero-order valence-electron chi connectivity index (χ0n) is 10.3. The van der Waals surface area contributed by atoms with Crippen LogP contribution in [0.4, 0.5) is 4.39 Å². The predicted molar refractivity (Wildman–Crippen MR) is 66.5 cm³/mol. The van der Waals surface area contributed by atoms with Crippen molar-refractivity contribution in [3.05, 3.63) is 35.6 Å². The highest BCUT2D eigenvalue weighted by atomic mass is 19.1. The van der Waals surface area contributed by atoms with Crippen molar-refractivity contribution in [1.82, 2.24) is 5.32 Å². The molecule has 0 atom stereocenters. The van der Waals surface area contributed by atoms with Crippen LogP contribution in [0.1, 0.15) is 18.4 Å². The van der Waals surface area contributed by atoms with Crippen LogP contribution < -0.4 is 5.32 Å². The highest BCUT2D eigenvalue weighted by molar-refractivity contribution is 5.20. The molecule has 0 saturated heterocycles. The van der Waals surface area contributed by atoms with Crippen molar-refractivity contribution in [3.8, 4) is 0 Å². The molecular weight excluding hydrogens is 217 g/mol. The lowest BCUT2D eigenvalue weighted by Gasteiger charge is -2.16. The summed E-state index contributed by atoms with van der Waals surface area (Å²) in [4.78, 5) is 0. The first-order valence-electron chi connectivity index (χ1n) is 6.18. The Labute approximate surface area is 102 Å². The Morgan fingerprint density at radius 3 is 2.88 bits per heavy atom. The third-order valence-corrected chi connectivity index (χ3v) is 3.41. The summed E-state index contributed by atoms with van der Waals surface area (Å²) >= 11 is 0. The van der Waals surface area contributed by atoms with Gasteiger partial charge in [-0.25, -0.2) is 4.39 Å². The number of nitrogens with one attached hydrogen (secondary N) is 1. The van der Waals surface area contributed by atoms with Gasteiger partial charge in [0.05, 0.1) is 6.61 Å². The lowest BCUT2D eigenvalue weighted by atomic mass is 9.96. The summed E-state index contributed by atoms with van der Waals surface area (Å²) in [6.45, 7) is 2.64. The third kappa shape index (κ3) is 3.79. The maximum absolute atomic E-state index is 13.1. The van der Waals surface area contributed by atoms with Crippen LogP contribution in [0.25, 0.3) is 0 Å². The summed E-state index contributed by atoms with van der Waals surface area (Å²) in [5.74, 6) is -0.134. The Hall–Kier alpha value is -0.930. The van der Waals surface area contributed by atoms with Gasteiger partial charge in [0, 0.05) is 20.2 Å². The zero-order chi connectivity index (χ0) is 12.1. The zero-order valence-corrected chi connectivity index (χ0v) is 10.3. The molecule has 0 aromatic heterocycles. The van der Waals surface area contributed by atoms with Crippen LogP contribution in [0.2, 0.25) is 0 Å². The minimum atomic E-state index is -0.134. The Morgan fingerprint density at radius 2 is 2.24 bits per heavy atom. The smallest absolute Gasteiger partial charge is 0.123 e. The van der Waals surface area contributed by atoms with Crippen LogP contribution in [0.3, 0.4) is 0 Å². The van der Waals surface area contributed by atoms with Crippen molar-refractivity contribution in [2.24, 2.45) is 5.41 Å². The Bertz CT molecular complexity index is 363. The van der Waals surface area contributed by atoms with Gasteiger partial charge in [0.1, 0.15) is 5.82 Å². The monoisotopic (exact) mass is 237 g/mol. The van der Waals surface area contributed by atoms with Gasteiger partial charge in [0.2, 0.25) is 0 Å². The quantitative estimate of drug-likeness (QED) is 0.735. The summed E-state index contributed by atoms with van der Waals surface area (Å²) in [5.41, 5.74) is 1.47. The Morgan fingerprint density at radius 1 is 1.41 bits per heavy atom. The van der Waals surface area contributed by atoms with Crippen LogP contribution in [0.5, 0.6) is 0 Å². The van der Waals surface area contributed by atoms with E-state index in [9.17, 15) is 4.39 Å². The van der Waals surface area contributed by atoms with Crippen LogP contribution in [0, 0.1) is 11.2 Å². The molecule has 0 aliphatic heterocycles. The van der Waals surface area contributed by atoms with E-state index in [2.05, 4.69) is 5.32 Å². The number of halogens is 1. The van der Waals surface area contributed by atoms with Crippen LogP contribution in [-0.4, -0.2) is 26.8 Å². The molecule has 1 N–H and O–H groups in total. The summed E-state index contributed by atoms with van der Waals surface area (Å²) in [7, 11) is 1.71. The second-order valence-electron chi connectivity index (χ2n) is 4.98. The first-order chi connectivity index (χ1) is 8.24. The summed E-state index contributed by atoms with van der Waals surface area (Å²) in [6, 6.07) is 6.95. The third-order valence-electron chi connectivity index (χ3n) is 3.41. The summed E-state index contributed by atoms with van der Waals surface area (Å²) < 4.78 is 18.1. The first-order valence-corrected chi connectivity index (χ1v) is 6.18. The van der Waals surface area contributed by atoms with E-state index in [4.69, 9.17) is 4.74 Å². The average molecular weight is 237 g/mol. The fourth-order valence-electron chi connectivity index (χ4n) is 2.20. The molecule has 3 heteroatoms. The number of benzene rings is 1. The van der Waals surface area contributed by atoms with Crippen LogP contribution in [-0.2, 0) is 11.2 Å². The normalized spacial score (nSPS) is 17.1. The van der Waals surface area contributed by atoms with E-state index >= 15 is 0 Å². The lowest BCUT2D eigenvalue weighted by molar-refractivity contribution is 0.197. The minimum Gasteiger partial charge on any atom is -0.383 e.